The number of halogens is 3. The lowest BCUT2D eigenvalue weighted by Crippen LogP contribution is -2.44. The fourth-order valence-electron chi connectivity index (χ4n) is 5.17. The summed E-state index contributed by atoms with van der Waals surface area (Å²) >= 11 is 0. The molecule has 3 N–H and O–H groups in total. The molecule has 0 aliphatic carbocycles. The van der Waals surface area contributed by atoms with Crippen molar-refractivity contribution in [2.24, 2.45) is 4.99 Å². The number of nitrogens with zero attached hydrogens (tertiary/aromatic N) is 3. The molecule has 9 nitrogen and oxygen atoms in total. The topological polar surface area (TPSA) is 118 Å². The van der Waals surface area contributed by atoms with Crippen LogP contribution >= 0.6 is 0 Å². The van der Waals surface area contributed by atoms with E-state index in [9.17, 15) is 17.2 Å². The molecule has 0 amide bonds. The summed E-state index contributed by atoms with van der Waals surface area (Å²) in [7, 11) is -4.21. The average Bonchev–Trinajstić information content (AvgIpc) is 3.02. The first-order chi connectivity index (χ1) is 22.1. The van der Waals surface area contributed by atoms with Crippen LogP contribution in [0.1, 0.15) is 30.2 Å². The van der Waals surface area contributed by atoms with Gasteiger partial charge in [0.05, 0.1) is 22.7 Å². The molecule has 5 rings (SSSR count). The summed E-state index contributed by atoms with van der Waals surface area (Å²) in [6.45, 7) is 8.15. The molecule has 2 heterocycles. The third kappa shape index (κ3) is 7.54. The predicted molar refractivity (Wildman–Crippen MR) is 175 cm³/mol. The minimum Gasteiger partial charge on any atom is -0.437 e. The van der Waals surface area contributed by atoms with Gasteiger partial charge in [-0.05, 0) is 50.4 Å². The zero-order valence-corrected chi connectivity index (χ0v) is 26.0. The van der Waals surface area contributed by atoms with Gasteiger partial charge in [0.25, 0.3) is 0 Å². The number of allylic oxidation sites excluding steroid dienone is 3. The summed E-state index contributed by atoms with van der Waals surface area (Å²) in [5.74, 6) is -1.53. The molecule has 1 aliphatic rings. The largest absolute Gasteiger partial charge is 0.437 e. The Morgan fingerprint density at radius 2 is 1.89 bits per heavy atom. The van der Waals surface area contributed by atoms with Crippen LogP contribution in [0.15, 0.2) is 83.8 Å². The van der Waals surface area contributed by atoms with E-state index in [1.54, 1.807) is 43.5 Å². The number of alkyl halides is 1. The van der Waals surface area contributed by atoms with E-state index in [-0.39, 0.29) is 34.3 Å². The number of ether oxygens (including phenoxy) is 1. The van der Waals surface area contributed by atoms with Crippen LogP contribution in [-0.4, -0.2) is 50.4 Å². The first kappa shape index (κ1) is 32.6. The molecule has 240 valence electrons. The average molecular weight is 651 g/mol. The quantitative estimate of drug-likeness (QED) is 0.0992. The molecule has 1 fully saturated rings. The number of aromatic nitrogens is 2. The van der Waals surface area contributed by atoms with Gasteiger partial charge in [0.1, 0.15) is 23.6 Å². The summed E-state index contributed by atoms with van der Waals surface area (Å²) in [4.78, 5) is 13.0. The van der Waals surface area contributed by atoms with Crippen molar-refractivity contribution in [3.8, 4) is 5.75 Å². The van der Waals surface area contributed by atoms with Crippen LogP contribution in [0.5, 0.6) is 5.75 Å². The van der Waals surface area contributed by atoms with Crippen LogP contribution in [0.25, 0.3) is 16.3 Å². The summed E-state index contributed by atoms with van der Waals surface area (Å²) < 4.78 is 78.0. The van der Waals surface area contributed by atoms with Crippen molar-refractivity contribution in [3.05, 3.63) is 107 Å². The van der Waals surface area contributed by atoms with Gasteiger partial charge in [-0.2, -0.15) is 0 Å². The number of fused-ring (bicyclic) bond motifs is 1. The van der Waals surface area contributed by atoms with Crippen LogP contribution in [0, 0.1) is 18.6 Å². The number of aryl methyl sites for hydroxylation is 1. The predicted octanol–water partition coefficient (Wildman–Crippen LogP) is 6.29. The van der Waals surface area contributed by atoms with Gasteiger partial charge in [0, 0.05) is 48.1 Å². The summed E-state index contributed by atoms with van der Waals surface area (Å²) in [6.07, 6.45) is 4.41. The monoisotopic (exact) mass is 650 g/mol. The normalized spacial score (nSPS) is 17.5. The fraction of sp³-hybridized carbons (Fsp3) is 0.242. The van der Waals surface area contributed by atoms with Gasteiger partial charge in [0.15, 0.2) is 0 Å². The van der Waals surface area contributed by atoms with Gasteiger partial charge in [-0.3, -0.25) is 4.72 Å². The Hall–Kier alpha value is -4.75. The van der Waals surface area contributed by atoms with E-state index in [2.05, 4.69) is 37.0 Å². The van der Waals surface area contributed by atoms with Gasteiger partial charge in [-0.15, -0.1) is 0 Å². The number of nitrogens with one attached hydrogen (secondary N) is 3. The second-order valence-electron chi connectivity index (χ2n) is 10.8. The minimum absolute atomic E-state index is 0.0519. The van der Waals surface area contributed by atoms with Crippen molar-refractivity contribution in [3.63, 3.8) is 0 Å². The van der Waals surface area contributed by atoms with Crippen LogP contribution in [-0.2, 0) is 15.8 Å². The Kier molecular flexibility index (Phi) is 10.0. The molecule has 1 aromatic heterocycles. The third-order valence-electron chi connectivity index (χ3n) is 7.33. The number of piperidine rings is 1. The molecule has 0 saturated carbocycles. The van der Waals surface area contributed by atoms with Crippen LogP contribution in [0.4, 0.5) is 24.8 Å². The highest BCUT2D eigenvalue weighted by Crippen LogP contribution is 2.38. The molecule has 1 aliphatic heterocycles. The standard InChI is InChI=1S/C33H33F3N6O3S/c1-4-7-26(29-14-15-39-33(41-29)40-23-16-22(34)17-38-18-23)32(37-3)45-31-20(2)10-11-24-25(31)12-13-28(36)30(24)42-46(43,44)19-21-8-5-6-9-27(21)35/h4-15,22-23,38,42H,3,16-19H2,1-2H3,(H,39,40,41)/b7-4-,32-26-/t22-,23-/m1/s1. The minimum atomic E-state index is -4.21. The van der Waals surface area contributed by atoms with E-state index in [0.717, 1.165) is 12.1 Å². The summed E-state index contributed by atoms with van der Waals surface area (Å²) in [6, 6.07) is 12.8. The van der Waals surface area contributed by atoms with E-state index < -0.39 is 33.6 Å². The van der Waals surface area contributed by atoms with Gasteiger partial charge < -0.3 is 15.4 Å². The van der Waals surface area contributed by atoms with Gasteiger partial charge in [-0.25, -0.2) is 36.5 Å². The molecule has 0 unspecified atom stereocenters. The van der Waals surface area contributed by atoms with Crippen LogP contribution < -0.4 is 20.1 Å². The first-order valence-electron chi connectivity index (χ1n) is 14.5. The molecular formula is C33H33F3N6O3S. The molecule has 4 aromatic rings. The van der Waals surface area contributed by atoms with Gasteiger partial charge >= 0.3 is 0 Å². The number of hydrogen-bond donors (Lipinski definition) is 3. The van der Waals surface area contributed by atoms with E-state index >= 15 is 4.39 Å². The van der Waals surface area contributed by atoms with E-state index in [1.165, 1.54) is 24.3 Å². The molecule has 0 spiro atoms. The number of benzene rings is 3. The van der Waals surface area contributed by atoms with Crippen molar-refractivity contribution >= 4 is 44.7 Å². The maximum atomic E-state index is 15.2. The highest BCUT2D eigenvalue weighted by atomic mass is 32.2. The number of aliphatic imine (C=N–C) groups is 1. The molecule has 13 heteroatoms. The molecule has 2 atom stereocenters. The second-order valence-corrected chi connectivity index (χ2v) is 12.5. The lowest BCUT2D eigenvalue weighted by atomic mass is 10.0. The van der Waals surface area contributed by atoms with Crippen molar-refractivity contribution in [2.75, 3.05) is 23.1 Å². The van der Waals surface area contributed by atoms with Crippen molar-refractivity contribution in [1.29, 1.82) is 0 Å². The Balaban J connectivity index is 1.51. The van der Waals surface area contributed by atoms with E-state index in [0.29, 0.717) is 47.7 Å². The number of hydrogen-bond acceptors (Lipinski definition) is 8. The fourth-order valence-corrected chi connectivity index (χ4v) is 6.41. The second kappa shape index (κ2) is 14.1. The maximum Gasteiger partial charge on any atom is 0.237 e. The summed E-state index contributed by atoms with van der Waals surface area (Å²) in [5, 5.41) is 6.81. The molecule has 46 heavy (non-hydrogen) atoms. The smallest absolute Gasteiger partial charge is 0.237 e. The first-order valence-corrected chi connectivity index (χ1v) is 16.2. The Labute approximate surface area is 265 Å². The highest BCUT2D eigenvalue weighted by molar-refractivity contribution is 7.91. The maximum absolute atomic E-state index is 15.2. The summed E-state index contributed by atoms with van der Waals surface area (Å²) in [5.41, 5.74) is 1.20. The van der Waals surface area contributed by atoms with Crippen molar-refractivity contribution in [1.82, 2.24) is 15.3 Å². The molecule has 0 bridgehead atoms. The number of rotatable bonds is 11. The zero-order valence-electron chi connectivity index (χ0n) is 25.2. The SMILES string of the molecule is C=N/C(Oc1c(C)ccc2c(NS(=O)(=O)Cc3ccccc3F)c(F)ccc12)=C(\C=C/C)c1ccnc(N[C@H]2CNC[C@H](F)C2)n1. The molecule has 3 aromatic carbocycles. The lowest BCUT2D eigenvalue weighted by Gasteiger charge is -2.26. The Morgan fingerprint density at radius 3 is 2.63 bits per heavy atom. The lowest BCUT2D eigenvalue weighted by molar-refractivity contribution is 0.254. The van der Waals surface area contributed by atoms with Gasteiger partial charge in [0.2, 0.25) is 21.9 Å². The van der Waals surface area contributed by atoms with E-state index in [1.807, 2.05) is 6.92 Å². The van der Waals surface area contributed by atoms with Crippen LogP contribution in [0.3, 0.4) is 0 Å². The van der Waals surface area contributed by atoms with Crippen molar-refractivity contribution < 1.29 is 26.3 Å². The van der Waals surface area contributed by atoms with E-state index in [4.69, 9.17) is 4.74 Å². The highest BCUT2D eigenvalue weighted by Gasteiger charge is 2.23. The number of sulfonamides is 1. The Bertz CT molecular complexity index is 1930. The van der Waals surface area contributed by atoms with Crippen molar-refractivity contribution in [2.45, 2.75) is 38.2 Å². The zero-order chi connectivity index (χ0) is 32.8. The molecule has 1 saturated heterocycles. The number of anilines is 2. The van der Waals surface area contributed by atoms with Gasteiger partial charge in [-0.1, -0.05) is 42.5 Å². The molecule has 0 radical (unpaired) electrons. The molecular weight excluding hydrogens is 617 g/mol. The van der Waals surface area contributed by atoms with Crippen LogP contribution in [0.2, 0.25) is 0 Å². The third-order valence-corrected chi connectivity index (χ3v) is 8.53. The Morgan fingerprint density at radius 1 is 1.11 bits per heavy atom.